The van der Waals surface area contributed by atoms with E-state index in [9.17, 15) is 4.79 Å². The summed E-state index contributed by atoms with van der Waals surface area (Å²) in [6.07, 6.45) is 0.899. The Hall–Kier alpha value is -1.79. The maximum atomic E-state index is 12.2. The van der Waals surface area contributed by atoms with Crippen molar-refractivity contribution in [2.24, 2.45) is 7.05 Å². The van der Waals surface area contributed by atoms with Gasteiger partial charge in [0.15, 0.2) is 5.16 Å². The lowest BCUT2D eigenvalue weighted by Gasteiger charge is -2.09. The number of nitrogens with zero attached hydrogens (tertiary/aromatic N) is 2. The van der Waals surface area contributed by atoms with Gasteiger partial charge in [-0.05, 0) is 55.0 Å². The van der Waals surface area contributed by atoms with Gasteiger partial charge in [0.2, 0.25) is 0 Å². The summed E-state index contributed by atoms with van der Waals surface area (Å²) in [5, 5.41) is 3.37. The van der Waals surface area contributed by atoms with Crippen LogP contribution in [-0.2, 0) is 7.05 Å². The van der Waals surface area contributed by atoms with Crippen molar-refractivity contribution in [3.8, 4) is 5.75 Å². The molecule has 0 spiro atoms. The average molecular weight is 361 g/mol. The zero-order chi connectivity index (χ0) is 17.1. The number of thiophene rings is 1. The van der Waals surface area contributed by atoms with Crippen molar-refractivity contribution >= 4 is 33.3 Å². The Balaban J connectivity index is 1.54. The SMILES string of the molecule is Cc1ccc(OCCCSc2nc3sccc3c(=O)n2C)cc1C. The molecule has 2 aromatic heterocycles. The molecular weight excluding hydrogens is 340 g/mol. The molecule has 126 valence electrons. The molecule has 24 heavy (non-hydrogen) atoms. The lowest BCUT2D eigenvalue weighted by molar-refractivity contribution is 0.318. The van der Waals surface area contributed by atoms with Crippen molar-refractivity contribution in [1.82, 2.24) is 9.55 Å². The van der Waals surface area contributed by atoms with Gasteiger partial charge >= 0.3 is 0 Å². The average Bonchev–Trinajstić information content (AvgIpc) is 3.03. The van der Waals surface area contributed by atoms with E-state index in [0.717, 1.165) is 27.9 Å². The highest BCUT2D eigenvalue weighted by Crippen LogP contribution is 2.21. The highest BCUT2D eigenvalue weighted by atomic mass is 32.2. The van der Waals surface area contributed by atoms with Crippen LogP contribution in [-0.4, -0.2) is 21.9 Å². The summed E-state index contributed by atoms with van der Waals surface area (Å²) in [5.41, 5.74) is 2.54. The van der Waals surface area contributed by atoms with Crippen LogP contribution >= 0.6 is 23.1 Å². The van der Waals surface area contributed by atoms with Gasteiger partial charge in [0.1, 0.15) is 10.6 Å². The number of hydrogen-bond donors (Lipinski definition) is 0. The minimum Gasteiger partial charge on any atom is -0.494 e. The first-order valence-corrected chi connectivity index (χ1v) is 9.70. The quantitative estimate of drug-likeness (QED) is 0.376. The number of hydrogen-bond acceptors (Lipinski definition) is 5. The van der Waals surface area contributed by atoms with E-state index in [2.05, 4.69) is 31.0 Å². The van der Waals surface area contributed by atoms with E-state index in [1.165, 1.54) is 22.5 Å². The fraction of sp³-hybridized carbons (Fsp3) is 0.333. The van der Waals surface area contributed by atoms with Crippen molar-refractivity contribution in [3.63, 3.8) is 0 Å². The van der Waals surface area contributed by atoms with Gasteiger partial charge in [-0.2, -0.15) is 0 Å². The smallest absolute Gasteiger partial charge is 0.262 e. The van der Waals surface area contributed by atoms with Crippen LogP contribution in [0.15, 0.2) is 39.6 Å². The lowest BCUT2D eigenvalue weighted by Crippen LogP contribution is -2.19. The molecule has 3 aromatic rings. The summed E-state index contributed by atoms with van der Waals surface area (Å²) >= 11 is 3.10. The summed E-state index contributed by atoms with van der Waals surface area (Å²) in [5.74, 6) is 1.77. The molecule has 0 saturated carbocycles. The standard InChI is InChI=1S/C18H20N2O2S2/c1-12-5-6-14(11-13(12)2)22-8-4-9-24-18-19-16-15(7-10-23-16)17(21)20(18)3/h5-7,10-11H,4,8-9H2,1-3H3. The number of ether oxygens (including phenoxy) is 1. The molecular formula is C18H20N2O2S2. The highest BCUT2D eigenvalue weighted by molar-refractivity contribution is 7.99. The Morgan fingerprint density at radius 2 is 2.08 bits per heavy atom. The Morgan fingerprint density at radius 3 is 2.88 bits per heavy atom. The van der Waals surface area contributed by atoms with Gasteiger partial charge in [0.05, 0.1) is 12.0 Å². The fourth-order valence-electron chi connectivity index (χ4n) is 2.33. The van der Waals surface area contributed by atoms with Crippen LogP contribution in [0.5, 0.6) is 5.75 Å². The second-order valence-corrected chi connectivity index (χ2v) is 7.65. The minimum absolute atomic E-state index is 0.0233. The Labute approximate surface area is 149 Å². The third kappa shape index (κ3) is 3.65. The molecule has 1 aromatic carbocycles. The zero-order valence-electron chi connectivity index (χ0n) is 14.0. The zero-order valence-corrected chi connectivity index (χ0v) is 15.7. The molecule has 0 radical (unpaired) electrons. The third-order valence-corrected chi connectivity index (χ3v) is 5.85. The summed E-state index contributed by atoms with van der Waals surface area (Å²) in [6, 6.07) is 7.99. The summed E-state index contributed by atoms with van der Waals surface area (Å²) in [4.78, 5) is 17.6. The molecule has 0 aliphatic carbocycles. The maximum absolute atomic E-state index is 12.2. The van der Waals surface area contributed by atoms with Gasteiger partial charge in [0.25, 0.3) is 5.56 Å². The predicted molar refractivity (Wildman–Crippen MR) is 102 cm³/mol. The Morgan fingerprint density at radius 1 is 1.25 bits per heavy atom. The van der Waals surface area contributed by atoms with Crippen molar-refractivity contribution in [1.29, 1.82) is 0 Å². The second-order valence-electron chi connectivity index (χ2n) is 5.69. The van der Waals surface area contributed by atoms with Crippen LogP contribution in [0.3, 0.4) is 0 Å². The first-order chi connectivity index (χ1) is 11.6. The van der Waals surface area contributed by atoms with Gasteiger partial charge in [-0.1, -0.05) is 17.8 Å². The van der Waals surface area contributed by atoms with Crippen molar-refractivity contribution in [2.45, 2.75) is 25.4 Å². The molecule has 0 atom stereocenters. The van der Waals surface area contributed by atoms with E-state index >= 15 is 0 Å². The Bertz CT molecular complexity index is 915. The first-order valence-electron chi connectivity index (χ1n) is 7.83. The molecule has 0 bridgehead atoms. The molecule has 0 aliphatic rings. The van der Waals surface area contributed by atoms with Gasteiger partial charge in [0, 0.05) is 12.8 Å². The van der Waals surface area contributed by atoms with Crippen molar-refractivity contribution < 1.29 is 4.74 Å². The molecule has 0 amide bonds. The molecule has 2 heterocycles. The maximum Gasteiger partial charge on any atom is 0.262 e. The van der Waals surface area contributed by atoms with Crippen LogP contribution in [0.4, 0.5) is 0 Å². The Kier molecular flexibility index (Phi) is 5.26. The molecule has 6 heteroatoms. The minimum atomic E-state index is 0.0233. The van der Waals surface area contributed by atoms with Gasteiger partial charge in [-0.15, -0.1) is 11.3 Å². The largest absolute Gasteiger partial charge is 0.494 e. The van der Waals surface area contributed by atoms with Crippen molar-refractivity contribution in [3.05, 3.63) is 51.1 Å². The molecule has 4 nitrogen and oxygen atoms in total. The monoisotopic (exact) mass is 360 g/mol. The van der Waals surface area contributed by atoms with E-state index < -0.39 is 0 Å². The van der Waals surface area contributed by atoms with E-state index in [1.54, 1.807) is 23.4 Å². The lowest BCUT2D eigenvalue weighted by atomic mass is 10.1. The molecule has 0 N–H and O–H groups in total. The van der Waals surface area contributed by atoms with Crippen LogP contribution in [0.2, 0.25) is 0 Å². The second kappa shape index (κ2) is 7.40. The summed E-state index contributed by atoms with van der Waals surface area (Å²) < 4.78 is 7.42. The summed E-state index contributed by atoms with van der Waals surface area (Å²) in [7, 11) is 1.78. The molecule has 3 rings (SSSR count). The van der Waals surface area contributed by atoms with Crippen LogP contribution in [0.25, 0.3) is 10.2 Å². The summed E-state index contributed by atoms with van der Waals surface area (Å²) in [6.45, 7) is 4.84. The van der Waals surface area contributed by atoms with Crippen LogP contribution < -0.4 is 10.3 Å². The molecule has 0 saturated heterocycles. The van der Waals surface area contributed by atoms with Gasteiger partial charge in [-0.3, -0.25) is 9.36 Å². The van der Waals surface area contributed by atoms with E-state index in [1.807, 2.05) is 17.5 Å². The predicted octanol–water partition coefficient (Wildman–Crippen LogP) is 4.17. The van der Waals surface area contributed by atoms with E-state index in [-0.39, 0.29) is 5.56 Å². The van der Waals surface area contributed by atoms with Gasteiger partial charge < -0.3 is 4.74 Å². The van der Waals surface area contributed by atoms with E-state index in [4.69, 9.17) is 4.74 Å². The van der Waals surface area contributed by atoms with Gasteiger partial charge in [-0.25, -0.2) is 4.98 Å². The number of rotatable bonds is 6. The normalized spacial score (nSPS) is 11.1. The van der Waals surface area contributed by atoms with Crippen molar-refractivity contribution in [2.75, 3.05) is 12.4 Å². The number of benzene rings is 1. The van der Waals surface area contributed by atoms with Crippen LogP contribution in [0.1, 0.15) is 17.5 Å². The number of aryl methyl sites for hydroxylation is 2. The number of aromatic nitrogens is 2. The third-order valence-electron chi connectivity index (χ3n) is 3.93. The molecule has 0 fully saturated rings. The van der Waals surface area contributed by atoms with E-state index in [0.29, 0.717) is 12.0 Å². The first kappa shape index (κ1) is 17.0. The molecule has 0 aliphatic heterocycles. The topological polar surface area (TPSA) is 44.1 Å². The highest BCUT2D eigenvalue weighted by Gasteiger charge is 2.09. The number of thioether (sulfide) groups is 1. The molecule has 0 unspecified atom stereocenters. The van der Waals surface area contributed by atoms with Crippen LogP contribution in [0, 0.1) is 13.8 Å². The fourth-order valence-corrected chi connectivity index (χ4v) is 4.01. The number of fused-ring (bicyclic) bond motifs is 1.